The van der Waals surface area contributed by atoms with E-state index in [0.717, 1.165) is 25.6 Å². The summed E-state index contributed by atoms with van der Waals surface area (Å²) >= 11 is 0. The Morgan fingerprint density at radius 2 is 2.06 bits per heavy atom. The number of halogens is 2. The van der Waals surface area contributed by atoms with E-state index in [0.29, 0.717) is 12.2 Å². The first-order valence-corrected chi connectivity index (χ1v) is 5.55. The van der Waals surface area contributed by atoms with Crippen molar-refractivity contribution < 1.29 is 13.5 Å². The molecule has 0 atom stereocenters. The number of ether oxygens (including phenoxy) is 1. The van der Waals surface area contributed by atoms with Gasteiger partial charge in [0.2, 0.25) is 0 Å². The first-order chi connectivity index (χ1) is 8.24. The molecule has 1 aromatic carbocycles. The molecular formula is C13H17F2NO. The molecular weight excluding hydrogens is 224 g/mol. The first-order valence-electron chi connectivity index (χ1n) is 5.55. The van der Waals surface area contributed by atoms with Crippen molar-refractivity contribution in [2.24, 2.45) is 0 Å². The zero-order chi connectivity index (χ0) is 12.5. The summed E-state index contributed by atoms with van der Waals surface area (Å²) in [6.07, 6.45) is 4.54. The fraction of sp³-hybridized carbons (Fsp3) is 0.385. The molecule has 0 aromatic heterocycles. The number of nitrogens with one attached hydrogen (secondary N) is 1. The largest absolute Gasteiger partial charge is 0.383 e. The molecule has 17 heavy (non-hydrogen) atoms. The minimum atomic E-state index is -0.816. The van der Waals surface area contributed by atoms with E-state index >= 15 is 0 Å². The van der Waals surface area contributed by atoms with Crippen LogP contribution in [-0.4, -0.2) is 26.8 Å². The van der Waals surface area contributed by atoms with Gasteiger partial charge in [0.15, 0.2) is 11.6 Å². The van der Waals surface area contributed by atoms with E-state index in [9.17, 15) is 8.78 Å². The van der Waals surface area contributed by atoms with Crippen LogP contribution < -0.4 is 5.32 Å². The quantitative estimate of drug-likeness (QED) is 0.741. The van der Waals surface area contributed by atoms with Crippen LogP contribution in [0.3, 0.4) is 0 Å². The SMILES string of the molecule is COCCNCCC=Cc1ccc(F)c(F)c1. The minimum absolute atomic E-state index is 0.667. The van der Waals surface area contributed by atoms with Crippen LogP contribution in [0.1, 0.15) is 12.0 Å². The van der Waals surface area contributed by atoms with Crippen LogP contribution in [0.4, 0.5) is 8.78 Å². The van der Waals surface area contributed by atoms with Gasteiger partial charge in [-0.25, -0.2) is 8.78 Å². The Bertz CT molecular complexity index is 366. The van der Waals surface area contributed by atoms with Crippen LogP contribution in [-0.2, 0) is 4.74 Å². The molecule has 0 aliphatic rings. The molecule has 1 rings (SSSR count). The third-order valence-electron chi connectivity index (χ3n) is 2.22. The summed E-state index contributed by atoms with van der Waals surface area (Å²) in [5, 5.41) is 3.18. The summed E-state index contributed by atoms with van der Waals surface area (Å²) in [4.78, 5) is 0. The Labute approximate surface area is 100 Å². The molecule has 4 heteroatoms. The lowest BCUT2D eigenvalue weighted by atomic mass is 10.2. The van der Waals surface area contributed by atoms with Gasteiger partial charge in [0, 0.05) is 13.7 Å². The summed E-state index contributed by atoms with van der Waals surface area (Å²) in [5.41, 5.74) is 0.667. The van der Waals surface area contributed by atoms with Crippen molar-refractivity contribution in [1.29, 1.82) is 0 Å². The van der Waals surface area contributed by atoms with Crippen LogP contribution >= 0.6 is 0 Å². The van der Waals surface area contributed by atoms with Gasteiger partial charge in [-0.05, 0) is 30.7 Å². The lowest BCUT2D eigenvalue weighted by Crippen LogP contribution is -2.19. The molecule has 0 fully saturated rings. The van der Waals surface area contributed by atoms with Gasteiger partial charge in [-0.2, -0.15) is 0 Å². The van der Waals surface area contributed by atoms with E-state index in [-0.39, 0.29) is 0 Å². The molecule has 0 aliphatic carbocycles. The van der Waals surface area contributed by atoms with Crippen LogP contribution in [0.2, 0.25) is 0 Å². The zero-order valence-corrected chi connectivity index (χ0v) is 9.88. The second-order valence-electron chi connectivity index (χ2n) is 3.61. The Morgan fingerprint density at radius 3 is 2.76 bits per heavy atom. The molecule has 0 radical (unpaired) electrons. The summed E-state index contributed by atoms with van der Waals surface area (Å²) in [6, 6.07) is 3.86. The second-order valence-corrected chi connectivity index (χ2v) is 3.61. The maximum absolute atomic E-state index is 12.9. The van der Waals surface area contributed by atoms with E-state index < -0.39 is 11.6 Å². The average molecular weight is 241 g/mol. The molecule has 1 aromatic rings. The Morgan fingerprint density at radius 1 is 1.24 bits per heavy atom. The highest BCUT2D eigenvalue weighted by atomic mass is 19.2. The second kappa shape index (κ2) is 7.92. The molecule has 0 amide bonds. The lowest BCUT2D eigenvalue weighted by Gasteiger charge is -2.00. The molecule has 2 nitrogen and oxygen atoms in total. The fourth-order valence-corrected chi connectivity index (χ4v) is 1.32. The number of rotatable bonds is 7. The van der Waals surface area contributed by atoms with Gasteiger partial charge in [-0.15, -0.1) is 0 Å². The van der Waals surface area contributed by atoms with Gasteiger partial charge in [-0.3, -0.25) is 0 Å². The predicted octanol–water partition coefficient (Wildman–Crippen LogP) is 2.60. The van der Waals surface area contributed by atoms with Gasteiger partial charge >= 0.3 is 0 Å². The highest BCUT2D eigenvalue weighted by molar-refractivity contribution is 5.49. The molecule has 0 aliphatic heterocycles. The smallest absolute Gasteiger partial charge is 0.159 e. The molecule has 0 saturated heterocycles. The van der Waals surface area contributed by atoms with Crippen molar-refractivity contribution in [3.8, 4) is 0 Å². The average Bonchev–Trinajstić information content (AvgIpc) is 2.32. The van der Waals surface area contributed by atoms with Crippen LogP contribution in [0.5, 0.6) is 0 Å². The Kier molecular flexibility index (Phi) is 6.43. The fourth-order valence-electron chi connectivity index (χ4n) is 1.32. The van der Waals surface area contributed by atoms with Gasteiger partial charge in [-0.1, -0.05) is 18.2 Å². The maximum atomic E-state index is 12.9. The third-order valence-corrected chi connectivity index (χ3v) is 2.22. The van der Waals surface area contributed by atoms with Gasteiger partial charge in [0.1, 0.15) is 0 Å². The normalized spacial score (nSPS) is 11.2. The molecule has 1 N–H and O–H groups in total. The van der Waals surface area contributed by atoms with E-state index in [1.165, 1.54) is 6.07 Å². The molecule has 0 saturated carbocycles. The van der Waals surface area contributed by atoms with E-state index in [2.05, 4.69) is 5.32 Å². The Hall–Kier alpha value is -1.26. The summed E-state index contributed by atoms with van der Waals surface area (Å²) in [7, 11) is 1.66. The monoisotopic (exact) mass is 241 g/mol. The molecule has 94 valence electrons. The zero-order valence-electron chi connectivity index (χ0n) is 9.88. The van der Waals surface area contributed by atoms with Crippen LogP contribution in [0.15, 0.2) is 24.3 Å². The van der Waals surface area contributed by atoms with Crippen molar-refractivity contribution in [2.45, 2.75) is 6.42 Å². The van der Waals surface area contributed by atoms with Crippen LogP contribution in [0.25, 0.3) is 6.08 Å². The summed E-state index contributed by atoms with van der Waals surface area (Å²) in [6.45, 7) is 2.34. The number of methoxy groups -OCH3 is 1. The van der Waals surface area contributed by atoms with Crippen molar-refractivity contribution in [2.75, 3.05) is 26.8 Å². The van der Waals surface area contributed by atoms with Crippen molar-refractivity contribution in [1.82, 2.24) is 5.32 Å². The third kappa shape index (κ3) is 5.56. The van der Waals surface area contributed by atoms with E-state index in [1.54, 1.807) is 19.3 Å². The minimum Gasteiger partial charge on any atom is -0.383 e. The highest BCUT2D eigenvalue weighted by Crippen LogP contribution is 2.10. The first kappa shape index (κ1) is 13.8. The molecule has 0 bridgehead atoms. The topological polar surface area (TPSA) is 21.3 Å². The van der Waals surface area contributed by atoms with Gasteiger partial charge in [0.05, 0.1) is 6.61 Å². The number of hydrogen-bond donors (Lipinski definition) is 1. The van der Waals surface area contributed by atoms with E-state index in [4.69, 9.17) is 4.74 Å². The van der Waals surface area contributed by atoms with Crippen molar-refractivity contribution in [3.05, 3.63) is 41.5 Å². The van der Waals surface area contributed by atoms with Crippen molar-refractivity contribution >= 4 is 6.08 Å². The molecule has 0 spiro atoms. The summed E-state index contributed by atoms with van der Waals surface area (Å²) < 4.78 is 30.4. The molecule has 0 unspecified atom stereocenters. The number of benzene rings is 1. The van der Waals surface area contributed by atoms with Gasteiger partial charge < -0.3 is 10.1 Å². The molecule has 0 heterocycles. The maximum Gasteiger partial charge on any atom is 0.159 e. The van der Waals surface area contributed by atoms with Crippen LogP contribution in [0, 0.1) is 11.6 Å². The Balaban J connectivity index is 2.26. The number of hydrogen-bond acceptors (Lipinski definition) is 2. The van der Waals surface area contributed by atoms with Crippen molar-refractivity contribution in [3.63, 3.8) is 0 Å². The van der Waals surface area contributed by atoms with Gasteiger partial charge in [0.25, 0.3) is 0 Å². The predicted molar refractivity (Wildman–Crippen MR) is 64.8 cm³/mol. The lowest BCUT2D eigenvalue weighted by molar-refractivity contribution is 0.199. The highest BCUT2D eigenvalue weighted by Gasteiger charge is 1.99. The standard InChI is InChI=1S/C13H17F2NO/c1-17-9-8-16-7-3-2-4-11-5-6-12(14)13(15)10-11/h2,4-6,10,16H,3,7-9H2,1H3. The van der Waals surface area contributed by atoms with E-state index in [1.807, 2.05) is 6.08 Å². The summed E-state index contributed by atoms with van der Waals surface area (Å²) in [5.74, 6) is -1.63.